The fraction of sp³-hybridized carbons (Fsp3) is 0.333. The third-order valence-corrected chi connectivity index (χ3v) is 4.52. The lowest BCUT2D eigenvalue weighted by Crippen LogP contribution is -2.16. The third-order valence-electron chi connectivity index (χ3n) is 4.21. The zero-order valence-corrected chi connectivity index (χ0v) is 17.1. The van der Waals surface area contributed by atoms with Gasteiger partial charge in [0.25, 0.3) is 0 Å². The van der Waals surface area contributed by atoms with E-state index in [9.17, 15) is 0 Å². The topological polar surface area (TPSA) is 36.9 Å². The minimum atomic E-state index is 0.190. The molecule has 0 spiro atoms. The molecule has 0 aromatic heterocycles. The summed E-state index contributed by atoms with van der Waals surface area (Å²) in [5.41, 5.74) is 1.96. The van der Waals surface area contributed by atoms with Crippen LogP contribution in [0.25, 0.3) is 0 Å². The number of hydrogen-bond acceptors (Lipinski definition) is 4. The van der Waals surface area contributed by atoms with Crippen LogP contribution < -0.4 is 18.9 Å². The molecule has 0 aliphatic carbocycles. The van der Waals surface area contributed by atoms with Crippen molar-refractivity contribution in [1.82, 2.24) is 0 Å². The number of benzene rings is 2. The van der Waals surface area contributed by atoms with Gasteiger partial charge in [-0.05, 0) is 49.2 Å². The largest absolute Gasteiger partial charge is 0.489 e. The summed E-state index contributed by atoms with van der Waals surface area (Å²) in [5.74, 6) is 4.01. The molecule has 1 aliphatic heterocycles. The average molecular weight is 409 g/mol. The molecule has 0 fully saturated rings. The zero-order valence-electron chi connectivity index (χ0n) is 15.6. The first-order valence-corrected chi connectivity index (χ1v) is 9.56. The summed E-state index contributed by atoms with van der Waals surface area (Å²) in [6.45, 7) is 7.59. The average Bonchev–Trinajstić information content (AvgIpc) is 2.64. The van der Waals surface area contributed by atoms with Crippen LogP contribution in [0, 0.1) is 6.92 Å². The SMILES string of the molecule is Cc1c(Oc2ccc(OCC=C(Cl)Cl)c(C(C)C)c2)ccc2c1OCCO2. The van der Waals surface area contributed by atoms with Crippen LogP contribution in [0.2, 0.25) is 0 Å². The molecule has 0 saturated heterocycles. The van der Waals surface area contributed by atoms with Gasteiger partial charge in [0.1, 0.15) is 41.6 Å². The minimum Gasteiger partial charge on any atom is -0.489 e. The van der Waals surface area contributed by atoms with E-state index < -0.39 is 0 Å². The van der Waals surface area contributed by atoms with E-state index in [0.29, 0.717) is 19.8 Å². The lowest BCUT2D eigenvalue weighted by atomic mass is 10.0. The first kappa shape index (κ1) is 19.7. The van der Waals surface area contributed by atoms with Gasteiger partial charge < -0.3 is 18.9 Å². The number of fused-ring (bicyclic) bond motifs is 1. The zero-order chi connectivity index (χ0) is 19.4. The van der Waals surface area contributed by atoms with Crippen molar-refractivity contribution in [3.63, 3.8) is 0 Å². The number of ether oxygens (including phenoxy) is 4. The lowest BCUT2D eigenvalue weighted by molar-refractivity contribution is 0.170. The van der Waals surface area contributed by atoms with E-state index in [1.807, 2.05) is 37.3 Å². The molecular formula is C21H22Cl2O4. The Balaban J connectivity index is 1.83. The molecule has 1 heterocycles. The molecule has 2 aromatic carbocycles. The Hall–Kier alpha value is -2.04. The summed E-state index contributed by atoms with van der Waals surface area (Å²) in [5, 5.41) is 0. The van der Waals surface area contributed by atoms with Crippen molar-refractivity contribution in [3.8, 4) is 28.7 Å². The van der Waals surface area contributed by atoms with Crippen molar-refractivity contribution in [2.24, 2.45) is 0 Å². The molecule has 0 unspecified atom stereocenters. The van der Waals surface area contributed by atoms with Gasteiger partial charge in [0.2, 0.25) is 0 Å². The lowest BCUT2D eigenvalue weighted by Gasteiger charge is -2.22. The van der Waals surface area contributed by atoms with Gasteiger partial charge in [-0.2, -0.15) is 0 Å². The Kier molecular flexibility index (Phi) is 6.40. The summed E-state index contributed by atoms with van der Waals surface area (Å²) in [4.78, 5) is 0. The molecule has 6 heteroatoms. The smallest absolute Gasteiger partial charge is 0.167 e. The van der Waals surface area contributed by atoms with Crippen LogP contribution in [-0.4, -0.2) is 19.8 Å². The fourth-order valence-corrected chi connectivity index (χ4v) is 2.97. The molecule has 1 aliphatic rings. The Morgan fingerprint density at radius 2 is 1.85 bits per heavy atom. The van der Waals surface area contributed by atoms with Crippen molar-refractivity contribution in [2.75, 3.05) is 19.8 Å². The molecule has 0 bridgehead atoms. The highest BCUT2D eigenvalue weighted by Crippen LogP contribution is 2.41. The quantitative estimate of drug-likeness (QED) is 0.555. The molecule has 3 rings (SSSR count). The molecule has 4 nitrogen and oxygen atoms in total. The summed E-state index contributed by atoms with van der Waals surface area (Å²) in [6, 6.07) is 9.54. The summed E-state index contributed by atoms with van der Waals surface area (Å²) in [6.07, 6.45) is 1.61. The van der Waals surface area contributed by atoms with Crippen LogP contribution in [0.15, 0.2) is 40.9 Å². The van der Waals surface area contributed by atoms with Crippen LogP contribution in [-0.2, 0) is 0 Å². The van der Waals surface area contributed by atoms with Crippen LogP contribution in [0.1, 0.15) is 30.9 Å². The molecule has 144 valence electrons. The predicted octanol–water partition coefficient (Wildman–Crippen LogP) is 6.38. The second-order valence-corrected chi connectivity index (χ2v) is 7.48. The highest BCUT2D eigenvalue weighted by molar-refractivity contribution is 6.55. The van der Waals surface area contributed by atoms with Crippen LogP contribution >= 0.6 is 23.2 Å². The molecule has 0 radical (unpaired) electrons. The van der Waals surface area contributed by atoms with E-state index in [1.165, 1.54) is 0 Å². The van der Waals surface area contributed by atoms with Crippen LogP contribution in [0.3, 0.4) is 0 Å². The maximum absolute atomic E-state index is 6.12. The summed E-state index contributed by atoms with van der Waals surface area (Å²) < 4.78 is 23.4. The minimum absolute atomic E-state index is 0.190. The van der Waals surface area contributed by atoms with Gasteiger partial charge in [-0.3, -0.25) is 0 Å². The standard InChI is InChI=1S/C21H22Cl2O4/c1-13(2)16-12-15(4-5-18(16)24-9-8-20(22)23)27-17-6-7-19-21(14(17)3)26-11-10-25-19/h4-8,12-13H,9-11H2,1-3H3. The van der Waals surface area contributed by atoms with Gasteiger partial charge >= 0.3 is 0 Å². The first-order chi connectivity index (χ1) is 13.0. The summed E-state index contributed by atoms with van der Waals surface area (Å²) in [7, 11) is 0. The molecule has 0 atom stereocenters. The van der Waals surface area contributed by atoms with Crippen molar-refractivity contribution < 1.29 is 18.9 Å². The van der Waals surface area contributed by atoms with Crippen molar-refractivity contribution >= 4 is 23.2 Å². The van der Waals surface area contributed by atoms with Gasteiger partial charge in [-0.1, -0.05) is 37.0 Å². The second-order valence-electron chi connectivity index (χ2n) is 6.47. The van der Waals surface area contributed by atoms with Crippen LogP contribution in [0.5, 0.6) is 28.7 Å². The number of rotatable bonds is 6. The van der Waals surface area contributed by atoms with E-state index in [2.05, 4.69) is 13.8 Å². The van der Waals surface area contributed by atoms with Crippen molar-refractivity contribution in [1.29, 1.82) is 0 Å². The van der Waals surface area contributed by atoms with Crippen LogP contribution in [0.4, 0.5) is 0 Å². The maximum Gasteiger partial charge on any atom is 0.167 e. The second kappa shape index (κ2) is 8.77. The van der Waals surface area contributed by atoms with E-state index in [4.69, 9.17) is 42.1 Å². The van der Waals surface area contributed by atoms with E-state index >= 15 is 0 Å². The third kappa shape index (κ3) is 4.82. The molecule has 2 aromatic rings. The van der Waals surface area contributed by atoms with Gasteiger partial charge in [0, 0.05) is 11.1 Å². The van der Waals surface area contributed by atoms with Gasteiger partial charge in [0.15, 0.2) is 11.5 Å². The number of hydrogen-bond donors (Lipinski definition) is 0. The Morgan fingerprint density at radius 3 is 2.59 bits per heavy atom. The Labute approximate surface area is 169 Å². The van der Waals surface area contributed by atoms with Gasteiger partial charge in [-0.15, -0.1) is 0 Å². The maximum atomic E-state index is 6.12. The monoisotopic (exact) mass is 408 g/mol. The fourth-order valence-electron chi connectivity index (χ4n) is 2.84. The first-order valence-electron chi connectivity index (χ1n) is 8.80. The van der Waals surface area contributed by atoms with E-state index in [-0.39, 0.29) is 10.4 Å². The van der Waals surface area contributed by atoms with E-state index in [0.717, 1.165) is 39.9 Å². The number of halogens is 2. The van der Waals surface area contributed by atoms with Gasteiger partial charge in [-0.25, -0.2) is 0 Å². The Bertz CT molecular complexity index is 842. The van der Waals surface area contributed by atoms with Crippen molar-refractivity contribution in [2.45, 2.75) is 26.7 Å². The predicted molar refractivity (Wildman–Crippen MR) is 108 cm³/mol. The van der Waals surface area contributed by atoms with Gasteiger partial charge in [0.05, 0.1) is 0 Å². The highest BCUT2D eigenvalue weighted by atomic mass is 35.5. The van der Waals surface area contributed by atoms with E-state index in [1.54, 1.807) is 6.08 Å². The normalized spacial score (nSPS) is 12.7. The molecule has 27 heavy (non-hydrogen) atoms. The molecule has 0 amide bonds. The molecular weight excluding hydrogens is 387 g/mol. The van der Waals surface area contributed by atoms with Crippen molar-refractivity contribution in [3.05, 3.63) is 52.0 Å². The molecule has 0 saturated carbocycles. The highest BCUT2D eigenvalue weighted by Gasteiger charge is 2.18. The Morgan fingerprint density at radius 1 is 1.11 bits per heavy atom. The molecule has 0 N–H and O–H groups in total. The summed E-state index contributed by atoms with van der Waals surface area (Å²) >= 11 is 11.3.